The van der Waals surface area contributed by atoms with E-state index in [2.05, 4.69) is 9.97 Å². The second kappa shape index (κ2) is 4.04. The van der Waals surface area contributed by atoms with E-state index in [1.54, 1.807) is 17.5 Å². The van der Waals surface area contributed by atoms with Crippen LogP contribution in [0.4, 0.5) is 0 Å². The Morgan fingerprint density at radius 3 is 3.00 bits per heavy atom. The summed E-state index contributed by atoms with van der Waals surface area (Å²) in [5.74, 6) is 0. The van der Waals surface area contributed by atoms with Gasteiger partial charge in [0.05, 0.1) is 5.69 Å². The third kappa shape index (κ3) is 1.77. The normalized spacial score (nSPS) is 10.4. The second-order valence-electron chi connectivity index (χ2n) is 2.67. The molecule has 2 aromatic heterocycles. The molecule has 2 N–H and O–H groups in total. The van der Waals surface area contributed by atoms with Crippen LogP contribution in [0.2, 0.25) is 5.28 Å². The Hall–Kier alpha value is -0.970. The van der Waals surface area contributed by atoms with Crippen molar-refractivity contribution in [2.24, 2.45) is 5.73 Å². The van der Waals surface area contributed by atoms with E-state index < -0.39 is 0 Å². The molecular formula is C9H8ClN3S. The fourth-order valence-electron chi connectivity index (χ4n) is 1.21. The van der Waals surface area contributed by atoms with E-state index in [-0.39, 0.29) is 5.28 Å². The average molecular weight is 226 g/mol. The van der Waals surface area contributed by atoms with Crippen molar-refractivity contribution in [3.05, 3.63) is 33.9 Å². The molecule has 5 heteroatoms. The van der Waals surface area contributed by atoms with Gasteiger partial charge in [-0.05, 0) is 29.1 Å². The minimum Gasteiger partial charge on any atom is -0.326 e. The Morgan fingerprint density at radius 2 is 2.29 bits per heavy atom. The Morgan fingerprint density at radius 1 is 1.43 bits per heavy atom. The van der Waals surface area contributed by atoms with Gasteiger partial charge in [-0.1, -0.05) is 0 Å². The molecule has 0 spiro atoms. The van der Waals surface area contributed by atoms with Crippen LogP contribution in [0.25, 0.3) is 11.3 Å². The predicted molar refractivity (Wildman–Crippen MR) is 58.2 cm³/mol. The van der Waals surface area contributed by atoms with E-state index in [1.165, 1.54) is 0 Å². The molecule has 0 fully saturated rings. The molecule has 72 valence electrons. The summed E-state index contributed by atoms with van der Waals surface area (Å²) in [6, 6.07) is 3.82. The van der Waals surface area contributed by atoms with Gasteiger partial charge in [-0.2, -0.15) is 0 Å². The fourth-order valence-corrected chi connectivity index (χ4v) is 2.12. The molecule has 0 bridgehead atoms. The van der Waals surface area contributed by atoms with Crippen LogP contribution in [0.15, 0.2) is 23.7 Å². The highest BCUT2D eigenvalue weighted by atomic mass is 35.5. The predicted octanol–water partition coefficient (Wildman–Crippen LogP) is 2.32. The van der Waals surface area contributed by atoms with Gasteiger partial charge in [-0.15, -0.1) is 11.3 Å². The van der Waals surface area contributed by atoms with Crippen LogP contribution in [-0.4, -0.2) is 9.97 Å². The van der Waals surface area contributed by atoms with Gasteiger partial charge in [0.25, 0.3) is 0 Å². The SMILES string of the molecule is NCc1sccc1-c1ccnc(Cl)n1. The first kappa shape index (κ1) is 9.58. The van der Waals surface area contributed by atoms with E-state index in [9.17, 15) is 0 Å². The summed E-state index contributed by atoms with van der Waals surface area (Å²) in [6.45, 7) is 0.522. The van der Waals surface area contributed by atoms with Gasteiger partial charge in [0.1, 0.15) is 0 Å². The molecule has 0 aliphatic rings. The smallest absolute Gasteiger partial charge is 0.222 e. The summed E-state index contributed by atoms with van der Waals surface area (Å²) in [6.07, 6.45) is 1.64. The maximum Gasteiger partial charge on any atom is 0.222 e. The molecular weight excluding hydrogens is 218 g/mol. The molecule has 0 amide bonds. The third-order valence-electron chi connectivity index (χ3n) is 1.83. The molecule has 0 saturated carbocycles. The van der Waals surface area contributed by atoms with Gasteiger partial charge in [-0.3, -0.25) is 0 Å². The average Bonchev–Trinajstić information content (AvgIpc) is 2.65. The molecule has 3 nitrogen and oxygen atoms in total. The molecule has 2 aromatic rings. The first-order valence-electron chi connectivity index (χ1n) is 4.06. The maximum atomic E-state index is 5.71. The fraction of sp³-hybridized carbons (Fsp3) is 0.111. The summed E-state index contributed by atoms with van der Waals surface area (Å²) in [7, 11) is 0. The molecule has 0 aromatic carbocycles. The second-order valence-corrected chi connectivity index (χ2v) is 4.01. The Labute approximate surface area is 90.6 Å². The van der Waals surface area contributed by atoms with E-state index in [1.807, 2.05) is 17.5 Å². The van der Waals surface area contributed by atoms with E-state index in [4.69, 9.17) is 17.3 Å². The van der Waals surface area contributed by atoms with Gasteiger partial charge >= 0.3 is 0 Å². The highest BCUT2D eigenvalue weighted by molar-refractivity contribution is 7.10. The topological polar surface area (TPSA) is 51.8 Å². The number of nitrogens with zero attached hydrogens (tertiary/aromatic N) is 2. The number of nitrogens with two attached hydrogens (primary N) is 1. The number of hydrogen-bond donors (Lipinski definition) is 1. The van der Waals surface area contributed by atoms with Gasteiger partial charge in [-0.25, -0.2) is 9.97 Å². The molecule has 0 aliphatic heterocycles. The van der Waals surface area contributed by atoms with Gasteiger partial charge < -0.3 is 5.73 Å². The summed E-state index contributed by atoms with van der Waals surface area (Å²) >= 11 is 7.33. The van der Waals surface area contributed by atoms with Crippen molar-refractivity contribution in [3.63, 3.8) is 0 Å². The number of rotatable bonds is 2. The number of halogens is 1. The lowest BCUT2D eigenvalue weighted by molar-refractivity contribution is 1.10. The maximum absolute atomic E-state index is 5.71. The molecule has 0 radical (unpaired) electrons. The third-order valence-corrected chi connectivity index (χ3v) is 2.96. The van der Waals surface area contributed by atoms with Crippen LogP contribution in [0, 0.1) is 0 Å². The lowest BCUT2D eigenvalue weighted by Crippen LogP contribution is -1.96. The zero-order valence-corrected chi connectivity index (χ0v) is 8.85. The van der Waals surface area contributed by atoms with Crippen molar-refractivity contribution < 1.29 is 0 Å². The van der Waals surface area contributed by atoms with Crippen LogP contribution in [0.1, 0.15) is 4.88 Å². The zero-order chi connectivity index (χ0) is 9.97. The van der Waals surface area contributed by atoms with E-state index >= 15 is 0 Å². The van der Waals surface area contributed by atoms with Crippen LogP contribution in [0.5, 0.6) is 0 Å². The van der Waals surface area contributed by atoms with Crippen molar-refractivity contribution in [2.75, 3.05) is 0 Å². The van der Waals surface area contributed by atoms with Crippen molar-refractivity contribution in [2.45, 2.75) is 6.54 Å². The summed E-state index contributed by atoms with van der Waals surface area (Å²) in [5, 5.41) is 2.25. The van der Waals surface area contributed by atoms with Crippen LogP contribution in [0.3, 0.4) is 0 Å². The molecule has 0 unspecified atom stereocenters. The number of hydrogen-bond acceptors (Lipinski definition) is 4. The number of aromatic nitrogens is 2. The van der Waals surface area contributed by atoms with Gasteiger partial charge in [0, 0.05) is 23.2 Å². The largest absolute Gasteiger partial charge is 0.326 e. The number of thiophene rings is 1. The standard InChI is InChI=1S/C9H8ClN3S/c10-9-12-3-1-7(13-9)6-2-4-14-8(6)5-11/h1-4H,5,11H2. The first-order chi connectivity index (χ1) is 6.81. The van der Waals surface area contributed by atoms with Gasteiger partial charge in [0.2, 0.25) is 5.28 Å². The minimum absolute atomic E-state index is 0.261. The van der Waals surface area contributed by atoms with E-state index in [0.717, 1.165) is 16.1 Å². The van der Waals surface area contributed by atoms with Crippen LogP contribution < -0.4 is 5.73 Å². The summed E-state index contributed by atoms with van der Waals surface area (Å²) in [4.78, 5) is 9.07. The molecule has 0 aliphatic carbocycles. The highest BCUT2D eigenvalue weighted by Crippen LogP contribution is 2.26. The highest BCUT2D eigenvalue weighted by Gasteiger charge is 2.06. The molecule has 2 rings (SSSR count). The molecule has 0 atom stereocenters. The van der Waals surface area contributed by atoms with Crippen molar-refractivity contribution in [1.29, 1.82) is 0 Å². The molecule has 14 heavy (non-hydrogen) atoms. The minimum atomic E-state index is 0.261. The van der Waals surface area contributed by atoms with E-state index in [0.29, 0.717) is 6.54 Å². The van der Waals surface area contributed by atoms with Crippen LogP contribution >= 0.6 is 22.9 Å². The quantitative estimate of drug-likeness (QED) is 0.799. The Bertz CT molecular complexity index is 441. The molecule has 0 saturated heterocycles. The van der Waals surface area contributed by atoms with Gasteiger partial charge in [0.15, 0.2) is 0 Å². The van der Waals surface area contributed by atoms with Crippen molar-refractivity contribution in [1.82, 2.24) is 9.97 Å². The monoisotopic (exact) mass is 225 g/mol. The van der Waals surface area contributed by atoms with Crippen molar-refractivity contribution in [3.8, 4) is 11.3 Å². The lowest BCUT2D eigenvalue weighted by Gasteiger charge is -2.00. The summed E-state index contributed by atoms with van der Waals surface area (Å²) in [5.41, 5.74) is 7.47. The first-order valence-corrected chi connectivity index (χ1v) is 5.32. The Balaban J connectivity index is 2.49. The summed E-state index contributed by atoms with van der Waals surface area (Å²) < 4.78 is 0. The lowest BCUT2D eigenvalue weighted by atomic mass is 10.2. The Kier molecular flexibility index (Phi) is 2.77. The van der Waals surface area contributed by atoms with Crippen molar-refractivity contribution >= 4 is 22.9 Å². The zero-order valence-electron chi connectivity index (χ0n) is 7.27. The van der Waals surface area contributed by atoms with Crippen LogP contribution in [-0.2, 0) is 6.54 Å². The molecule has 2 heterocycles.